The van der Waals surface area contributed by atoms with Gasteiger partial charge in [0.05, 0.1) is 21.9 Å². The average molecular weight is 298 g/mol. The lowest BCUT2D eigenvalue weighted by molar-refractivity contribution is 0.716. The first-order valence-corrected chi connectivity index (χ1v) is 7.14. The Hall–Kier alpha value is -1.03. The largest absolute Gasteiger partial charge is 0.313 e. The minimum atomic E-state index is 0.546. The minimum absolute atomic E-state index is 0.546. The van der Waals surface area contributed by atoms with E-state index in [1.165, 1.54) is 11.3 Å². The predicted octanol–water partition coefficient (Wildman–Crippen LogP) is 3.85. The van der Waals surface area contributed by atoms with Crippen LogP contribution in [0.1, 0.15) is 25.1 Å². The van der Waals surface area contributed by atoms with E-state index in [-0.39, 0.29) is 0 Å². The first-order chi connectivity index (χ1) is 9.17. The molecule has 0 radical (unpaired) electrons. The Balaban J connectivity index is 2.38. The summed E-state index contributed by atoms with van der Waals surface area (Å²) in [4.78, 5) is 0. The monoisotopic (exact) mass is 297 g/mol. The summed E-state index contributed by atoms with van der Waals surface area (Å²) in [7, 11) is 0. The maximum absolute atomic E-state index is 6.06. The summed E-state index contributed by atoms with van der Waals surface area (Å²) < 4.78 is 1.93. The average Bonchev–Trinajstić information content (AvgIpc) is 2.82. The van der Waals surface area contributed by atoms with Gasteiger partial charge in [-0.15, -0.1) is 0 Å². The van der Waals surface area contributed by atoms with Gasteiger partial charge in [-0.25, -0.2) is 4.68 Å². The van der Waals surface area contributed by atoms with E-state index in [0.29, 0.717) is 10.0 Å². The van der Waals surface area contributed by atoms with Crippen molar-refractivity contribution in [1.29, 1.82) is 0 Å². The number of halogens is 2. The molecule has 1 N–H and O–H groups in total. The van der Waals surface area contributed by atoms with Gasteiger partial charge in [-0.2, -0.15) is 5.10 Å². The quantitative estimate of drug-likeness (QED) is 0.908. The van der Waals surface area contributed by atoms with E-state index >= 15 is 0 Å². The Morgan fingerprint density at radius 1 is 1.21 bits per heavy atom. The molecule has 3 nitrogen and oxygen atoms in total. The third-order valence-electron chi connectivity index (χ3n) is 3.00. The molecule has 2 rings (SSSR count). The SMILES string of the molecule is CCNCc1cnn(-c2ccc(Cl)c(Cl)c2)c1CC. The molecule has 19 heavy (non-hydrogen) atoms. The van der Waals surface area contributed by atoms with Crippen molar-refractivity contribution in [2.24, 2.45) is 0 Å². The molecule has 0 aliphatic rings. The van der Waals surface area contributed by atoms with Crippen LogP contribution >= 0.6 is 23.2 Å². The zero-order chi connectivity index (χ0) is 13.8. The molecule has 1 aromatic carbocycles. The number of hydrogen-bond donors (Lipinski definition) is 1. The molecule has 0 aliphatic heterocycles. The van der Waals surface area contributed by atoms with Crippen molar-refractivity contribution in [3.8, 4) is 5.69 Å². The number of benzene rings is 1. The van der Waals surface area contributed by atoms with Crippen molar-refractivity contribution < 1.29 is 0 Å². The van der Waals surface area contributed by atoms with Crippen LogP contribution in [0.2, 0.25) is 10.0 Å². The fourth-order valence-electron chi connectivity index (χ4n) is 2.03. The van der Waals surface area contributed by atoms with Crippen molar-refractivity contribution in [3.05, 3.63) is 45.7 Å². The molecule has 102 valence electrons. The smallest absolute Gasteiger partial charge is 0.0664 e. The van der Waals surface area contributed by atoms with Crippen LogP contribution in [0.15, 0.2) is 24.4 Å². The van der Waals surface area contributed by atoms with Gasteiger partial charge in [-0.3, -0.25) is 0 Å². The lowest BCUT2D eigenvalue weighted by Gasteiger charge is -2.09. The second kappa shape index (κ2) is 6.42. The minimum Gasteiger partial charge on any atom is -0.313 e. The molecule has 0 atom stereocenters. The van der Waals surface area contributed by atoms with Gasteiger partial charge in [0.1, 0.15) is 0 Å². The van der Waals surface area contributed by atoms with E-state index < -0.39 is 0 Å². The van der Waals surface area contributed by atoms with Gasteiger partial charge in [0.15, 0.2) is 0 Å². The predicted molar refractivity (Wildman–Crippen MR) is 80.3 cm³/mol. The van der Waals surface area contributed by atoms with Crippen molar-refractivity contribution in [1.82, 2.24) is 15.1 Å². The number of rotatable bonds is 5. The molecule has 1 aromatic heterocycles. The van der Waals surface area contributed by atoms with Crippen LogP contribution < -0.4 is 5.32 Å². The molecule has 0 fully saturated rings. The van der Waals surface area contributed by atoms with Gasteiger partial charge < -0.3 is 5.32 Å². The Labute approximate surface area is 123 Å². The Kier molecular flexibility index (Phi) is 4.86. The number of hydrogen-bond acceptors (Lipinski definition) is 2. The second-order valence-electron chi connectivity index (χ2n) is 4.26. The van der Waals surface area contributed by atoms with Crippen LogP contribution in [0.25, 0.3) is 5.69 Å². The molecule has 0 saturated carbocycles. The van der Waals surface area contributed by atoms with E-state index in [0.717, 1.165) is 25.2 Å². The molecule has 0 bridgehead atoms. The normalized spacial score (nSPS) is 10.9. The molecular formula is C14H17Cl2N3. The first kappa shape index (κ1) is 14.4. The van der Waals surface area contributed by atoms with E-state index in [2.05, 4.69) is 24.3 Å². The van der Waals surface area contributed by atoms with Gasteiger partial charge in [0.2, 0.25) is 0 Å². The maximum Gasteiger partial charge on any atom is 0.0664 e. The summed E-state index contributed by atoms with van der Waals surface area (Å²) in [6.45, 7) is 6.00. The number of nitrogens with zero attached hydrogens (tertiary/aromatic N) is 2. The highest BCUT2D eigenvalue weighted by molar-refractivity contribution is 6.42. The van der Waals surface area contributed by atoms with Crippen molar-refractivity contribution in [2.75, 3.05) is 6.54 Å². The van der Waals surface area contributed by atoms with Crippen LogP contribution in [0, 0.1) is 0 Å². The first-order valence-electron chi connectivity index (χ1n) is 6.39. The summed E-state index contributed by atoms with van der Waals surface area (Å²) >= 11 is 12.0. The van der Waals surface area contributed by atoms with Crippen molar-refractivity contribution >= 4 is 23.2 Å². The summed E-state index contributed by atoms with van der Waals surface area (Å²) in [5.41, 5.74) is 3.35. The van der Waals surface area contributed by atoms with Gasteiger partial charge in [0.25, 0.3) is 0 Å². The van der Waals surface area contributed by atoms with Gasteiger partial charge in [0, 0.05) is 17.8 Å². The van der Waals surface area contributed by atoms with Crippen LogP contribution in [0.3, 0.4) is 0 Å². The van der Waals surface area contributed by atoms with Gasteiger partial charge in [-0.1, -0.05) is 37.0 Å². The Morgan fingerprint density at radius 3 is 2.63 bits per heavy atom. The van der Waals surface area contributed by atoms with Crippen molar-refractivity contribution in [3.63, 3.8) is 0 Å². The maximum atomic E-state index is 6.06. The van der Waals surface area contributed by atoms with Gasteiger partial charge >= 0.3 is 0 Å². The Bertz CT molecular complexity index is 564. The molecule has 0 amide bonds. The third kappa shape index (κ3) is 3.11. The van der Waals surface area contributed by atoms with Crippen LogP contribution in [0.4, 0.5) is 0 Å². The topological polar surface area (TPSA) is 29.9 Å². The molecule has 5 heteroatoms. The lowest BCUT2D eigenvalue weighted by Crippen LogP contribution is -2.13. The molecule has 0 aliphatic carbocycles. The van der Waals surface area contributed by atoms with Crippen LogP contribution in [-0.4, -0.2) is 16.3 Å². The van der Waals surface area contributed by atoms with E-state index in [4.69, 9.17) is 23.2 Å². The van der Waals surface area contributed by atoms with Crippen LogP contribution in [0.5, 0.6) is 0 Å². The lowest BCUT2D eigenvalue weighted by atomic mass is 10.2. The van der Waals surface area contributed by atoms with E-state index in [1.54, 1.807) is 6.07 Å². The number of nitrogens with one attached hydrogen (secondary N) is 1. The molecule has 2 aromatic rings. The zero-order valence-electron chi connectivity index (χ0n) is 11.1. The fraction of sp³-hybridized carbons (Fsp3) is 0.357. The molecule has 0 unspecified atom stereocenters. The standard InChI is InChI=1S/C14H17Cl2N3/c1-3-14-10(8-17-4-2)9-18-19(14)11-5-6-12(15)13(16)7-11/h5-7,9,17H,3-4,8H2,1-2H3. The summed E-state index contributed by atoms with van der Waals surface area (Å²) in [6, 6.07) is 5.56. The highest BCUT2D eigenvalue weighted by Gasteiger charge is 2.11. The van der Waals surface area contributed by atoms with Crippen LogP contribution in [-0.2, 0) is 13.0 Å². The highest BCUT2D eigenvalue weighted by atomic mass is 35.5. The highest BCUT2D eigenvalue weighted by Crippen LogP contribution is 2.25. The van der Waals surface area contributed by atoms with Gasteiger partial charge in [-0.05, 0) is 31.2 Å². The Morgan fingerprint density at radius 2 is 2.00 bits per heavy atom. The fourth-order valence-corrected chi connectivity index (χ4v) is 2.32. The van der Waals surface area contributed by atoms with Crippen molar-refractivity contribution in [2.45, 2.75) is 26.8 Å². The summed E-state index contributed by atoms with van der Waals surface area (Å²) in [6.07, 6.45) is 2.82. The van der Waals surface area contributed by atoms with E-state index in [1.807, 2.05) is 23.0 Å². The third-order valence-corrected chi connectivity index (χ3v) is 3.74. The summed E-state index contributed by atoms with van der Waals surface area (Å²) in [5, 5.41) is 8.88. The molecular weight excluding hydrogens is 281 g/mol. The molecule has 0 saturated heterocycles. The number of aromatic nitrogens is 2. The molecule has 1 heterocycles. The van der Waals surface area contributed by atoms with E-state index in [9.17, 15) is 0 Å². The second-order valence-corrected chi connectivity index (χ2v) is 5.08. The molecule has 0 spiro atoms. The zero-order valence-corrected chi connectivity index (χ0v) is 12.6. The summed E-state index contributed by atoms with van der Waals surface area (Å²) in [5.74, 6) is 0.